The van der Waals surface area contributed by atoms with Gasteiger partial charge in [0.05, 0.1) is 6.04 Å². The Bertz CT molecular complexity index is 779. The SMILES string of the molecule is CN(Cc1ccccc1)C(=O)[C@H]1C[C@@H](C(=O)Cc2ccccc2S)CN1. The van der Waals surface area contributed by atoms with Crippen LogP contribution >= 0.6 is 12.6 Å². The second-order valence-electron chi connectivity index (χ2n) is 6.85. The van der Waals surface area contributed by atoms with Crippen LogP contribution in [0.3, 0.4) is 0 Å². The summed E-state index contributed by atoms with van der Waals surface area (Å²) in [5, 5.41) is 3.22. The Morgan fingerprint density at radius 3 is 2.54 bits per heavy atom. The van der Waals surface area contributed by atoms with Crippen LogP contribution in [0.25, 0.3) is 0 Å². The van der Waals surface area contributed by atoms with E-state index >= 15 is 0 Å². The van der Waals surface area contributed by atoms with Crippen molar-refractivity contribution in [2.75, 3.05) is 13.6 Å². The molecule has 1 aliphatic rings. The van der Waals surface area contributed by atoms with Gasteiger partial charge in [-0.2, -0.15) is 0 Å². The molecule has 5 heteroatoms. The summed E-state index contributed by atoms with van der Waals surface area (Å²) in [6, 6.07) is 17.3. The molecule has 0 unspecified atom stereocenters. The molecule has 2 aromatic carbocycles. The lowest BCUT2D eigenvalue weighted by Crippen LogP contribution is -2.41. The highest BCUT2D eigenvalue weighted by molar-refractivity contribution is 7.80. The van der Waals surface area contributed by atoms with E-state index in [4.69, 9.17) is 0 Å². The van der Waals surface area contributed by atoms with Gasteiger partial charge in [0.15, 0.2) is 0 Å². The van der Waals surface area contributed by atoms with Gasteiger partial charge in [-0.1, -0.05) is 48.5 Å². The van der Waals surface area contributed by atoms with Crippen molar-refractivity contribution in [3.05, 3.63) is 65.7 Å². The van der Waals surface area contributed by atoms with Crippen LogP contribution in [0.1, 0.15) is 17.5 Å². The molecule has 136 valence electrons. The molecule has 1 aliphatic heterocycles. The van der Waals surface area contributed by atoms with Crippen LogP contribution in [-0.2, 0) is 22.6 Å². The number of carbonyl (C=O) groups excluding carboxylic acids is 2. The van der Waals surface area contributed by atoms with Crippen LogP contribution in [0.15, 0.2) is 59.5 Å². The van der Waals surface area contributed by atoms with Gasteiger partial charge < -0.3 is 10.2 Å². The molecule has 1 heterocycles. The summed E-state index contributed by atoms with van der Waals surface area (Å²) in [6.07, 6.45) is 0.929. The topological polar surface area (TPSA) is 49.4 Å². The van der Waals surface area contributed by atoms with E-state index in [9.17, 15) is 9.59 Å². The van der Waals surface area contributed by atoms with Gasteiger partial charge in [-0.15, -0.1) is 12.6 Å². The van der Waals surface area contributed by atoms with Crippen LogP contribution < -0.4 is 5.32 Å². The molecular weight excluding hydrogens is 344 g/mol. The minimum Gasteiger partial charge on any atom is -0.340 e. The van der Waals surface area contributed by atoms with E-state index in [1.807, 2.05) is 61.6 Å². The number of thiol groups is 1. The third-order valence-electron chi connectivity index (χ3n) is 4.88. The quantitative estimate of drug-likeness (QED) is 0.771. The third kappa shape index (κ3) is 4.54. The zero-order chi connectivity index (χ0) is 18.5. The lowest BCUT2D eigenvalue weighted by Gasteiger charge is -2.21. The van der Waals surface area contributed by atoms with E-state index in [1.165, 1.54) is 0 Å². The van der Waals surface area contributed by atoms with Crippen LogP contribution in [0.5, 0.6) is 0 Å². The molecule has 0 radical (unpaired) electrons. The molecule has 26 heavy (non-hydrogen) atoms. The first-order chi connectivity index (χ1) is 12.5. The molecule has 0 spiro atoms. The van der Waals surface area contributed by atoms with Gasteiger partial charge in [-0.25, -0.2) is 0 Å². The minimum atomic E-state index is -0.288. The van der Waals surface area contributed by atoms with Gasteiger partial charge in [0.1, 0.15) is 5.78 Å². The summed E-state index contributed by atoms with van der Waals surface area (Å²) in [5.74, 6) is 0.0841. The number of nitrogens with zero attached hydrogens (tertiary/aromatic N) is 1. The van der Waals surface area contributed by atoms with Crippen molar-refractivity contribution in [2.24, 2.45) is 5.92 Å². The summed E-state index contributed by atoms with van der Waals surface area (Å²) in [7, 11) is 1.81. The Labute approximate surface area is 160 Å². The number of carbonyl (C=O) groups is 2. The normalized spacial score (nSPS) is 19.3. The zero-order valence-corrected chi connectivity index (χ0v) is 15.8. The monoisotopic (exact) mass is 368 g/mol. The molecule has 0 aliphatic carbocycles. The molecule has 1 fully saturated rings. The van der Waals surface area contributed by atoms with Gasteiger partial charge in [0.25, 0.3) is 0 Å². The Morgan fingerprint density at radius 2 is 1.81 bits per heavy atom. The number of benzene rings is 2. The number of Topliss-reactive ketones (excluding diaryl/α,β-unsaturated/α-hetero) is 1. The third-order valence-corrected chi connectivity index (χ3v) is 5.32. The summed E-state index contributed by atoms with van der Waals surface area (Å²) in [6.45, 7) is 1.13. The van der Waals surface area contributed by atoms with Crippen molar-refractivity contribution < 1.29 is 9.59 Å². The number of rotatable bonds is 6. The molecule has 1 amide bonds. The van der Waals surface area contributed by atoms with E-state index in [0.29, 0.717) is 25.9 Å². The number of hydrogen-bond acceptors (Lipinski definition) is 4. The molecule has 1 saturated heterocycles. The smallest absolute Gasteiger partial charge is 0.239 e. The van der Waals surface area contributed by atoms with E-state index in [1.54, 1.807) is 4.90 Å². The van der Waals surface area contributed by atoms with Crippen LogP contribution in [0.2, 0.25) is 0 Å². The summed E-state index contributed by atoms with van der Waals surface area (Å²) in [4.78, 5) is 27.8. The fourth-order valence-corrected chi connectivity index (χ4v) is 3.60. The van der Waals surface area contributed by atoms with E-state index in [2.05, 4.69) is 17.9 Å². The van der Waals surface area contributed by atoms with E-state index in [0.717, 1.165) is 16.0 Å². The standard InChI is InChI=1S/C21H24N2O2S/c1-23(14-15-7-3-2-4-8-15)21(25)18-11-17(13-22-18)19(24)12-16-9-5-6-10-20(16)26/h2-10,17-18,22,26H,11-14H2,1H3/t17-,18-/m1/s1. The Balaban J connectivity index is 1.55. The molecule has 0 aromatic heterocycles. The first kappa shape index (κ1) is 18.7. The molecule has 0 bridgehead atoms. The number of amides is 1. The van der Waals surface area contributed by atoms with Crippen molar-refractivity contribution in [2.45, 2.75) is 30.3 Å². The number of hydrogen-bond donors (Lipinski definition) is 2. The molecule has 4 nitrogen and oxygen atoms in total. The van der Waals surface area contributed by atoms with Gasteiger partial charge in [-0.05, 0) is 23.6 Å². The average Bonchev–Trinajstić information content (AvgIpc) is 3.14. The molecule has 3 rings (SSSR count). The van der Waals surface area contributed by atoms with Gasteiger partial charge in [0, 0.05) is 37.4 Å². The van der Waals surface area contributed by atoms with Crippen LogP contribution in [-0.4, -0.2) is 36.2 Å². The lowest BCUT2D eigenvalue weighted by atomic mass is 9.95. The van der Waals surface area contributed by atoms with Crippen LogP contribution in [0.4, 0.5) is 0 Å². The highest BCUT2D eigenvalue weighted by Crippen LogP contribution is 2.21. The minimum absolute atomic E-state index is 0.0405. The molecule has 2 atom stereocenters. The highest BCUT2D eigenvalue weighted by Gasteiger charge is 2.34. The van der Waals surface area contributed by atoms with Crippen molar-refractivity contribution in [1.29, 1.82) is 0 Å². The number of ketones is 1. The lowest BCUT2D eigenvalue weighted by molar-refractivity contribution is -0.132. The predicted octanol–water partition coefficient (Wildman–Crippen LogP) is 2.72. The van der Waals surface area contributed by atoms with Crippen molar-refractivity contribution in [3.8, 4) is 0 Å². The summed E-state index contributed by atoms with van der Waals surface area (Å²) >= 11 is 4.41. The molecule has 0 saturated carbocycles. The fourth-order valence-electron chi connectivity index (χ4n) is 3.36. The first-order valence-corrected chi connectivity index (χ1v) is 9.31. The highest BCUT2D eigenvalue weighted by atomic mass is 32.1. The van der Waals surface area contributed by atoms with Gasteiger partial charge in [0.2, 0.25) is 5.91 Å². The molecule has 1 N–H and O–H groups in total. The van der Waals surface area contributed by atoms with Crippen molar-refractivity contribution in [1.82, 2.24) is 10.2 Å². The Kier molecular flexibility index (Phi) is 6.12. The summed E-state index contributed by atoms with van der Waals surface area (Å²) in [5.41, 5.74) is 2.04. The molecule has 2 aromatic rings. The average molecular weight is 369 g/mol. The Morgan fingerprint density at radius 1 is 1.12 bits per heavy atom. The number of nitrogens with one attached hydrogen (secondary N) is 1. The van der Waals surface area contributed by atoms with Gasteiger partial charge in [-0.3, -0.25) is 9.59 Å². The van der Waals surface area contributed by atoms with E-state index < -0.39 is 0 Å². The maximum absolute atomic E-state index is 12.7. The maximum atomic E-state index is 12.7. The second-order valence-corrected chi connectivity index (χ2v) is 7.33. The number of likely N-dealkylation sites (N-methyl/N-ethyl adjacent to an activating group) is 1. The first-order valence-electron chi connectivity index (χ1n) is 8.86. The fraction of sp³-hybridized carbons (Fsp3) is 0.333. The van der Waals surface area contributed by atoms with Gasteiger partial charge >= 0.3 is 0 Å². The van der Waals surface area contributed by atoms with E-state index in [-0.39, 0.29) is 23.7 Å². The molecular formula is C21H24N2O2S. The van der Waals surface area contributed by atoms with Crippen LogP contribution in [0, 0.1) is 5.92 Å². The Hall–Kier alpha value is -2.11. The largest absolute Gasteiger partial charge is 0.340 e. The van der Waals surface area contributed by atoms with Crippen molar-refractivity contribution >= 4 is 24.3 Å². The second kappa shape index (κ2) is 8.52. The maximum Gasteiger partial charge on any atom is 0.239 e. The summed E-state index contributed by atoms with van der Waals surface area (Å²) < 4.78 is 0. The zero-order valence-electron chi connectivity index (χ0n) is 14.9. The predicted molar refractivity (Wildman–Crippen MR) is 105 cm³/mol. The van der Waals surface area contributed by atoms with Crippen molar-refractivity contribution in [3.63, 3.8) is 0 Å².